The first-order chi connectivity index (χ1) is 16.9. The molecule has 2 amide bonds. The van der Waals surface area contributed by atoms with Gasteiger partial charge in [0, 0.05) is 29.6 Å². The van der Waals surface area contributed by atoms with Crippen LogP contribution in [-0.4, -0.2) is 37.4 Å². The molecule has 0 spiro atoms. The predicted molar refractivity (Wildman–Crippen MR) is 123 cm³/mol. The van der Waals surface area contributed by atoms with Crippen molar-refractivity contribution < 1.29 is 41.7 Å². The third-order valence-electron chi connectivity index (χ3n) is 4.73. The van der Waals surface area contributed by atoms with Crippen molar-refractivity contribution in [2.45, 2.75) is 13.3 Å². The number of aromatic nitrogens is 1. The Morgan fingerprint density at radius 1 is 1.00 bits per heavy atom. The van der Waals surface area contributed by atoms with E-state index in [9.17, 15) is 22.8 Å². The zero-order chi connectivity index (χ0) is 26.6. The Labute approximate surface area is 207 Å². The summed E-state index contributed by atoms with van der Waals surface area (Å²) < 4.78 is 57.9. The van der Waals surface area contributed by atoms with E-state index in [1.165, 1.54) is 44.7 Å². The van der Waals surface area contributed by atoms with Gasteiger partial charge < -0.3 is 30.0 Å². The zero-order valence-electron chi connectivity index (χ0n) is 19.0. The molecule has 36 heavy (non-hydrogen) atoms. The number of primary amides is 1. The van der Waals surface area contributed by atoms with Crippen LogP contribution in [0.4, 0.5) is 18.9 Å². The van der Waals surface area contributed by atoms with Crippen LogP contribution < -0.4 is 30.0 Å². The standard InChI is InChI=1S/C23H19ClF3N3O6/c1-11-16(33-2)10-18(35-15-5-4-13(9-17(15)34-3)36-23(25,26)27)19(20(11)24)22(32)30-12-6-7-29-14(8-12)21(28)31/h4-10H,1-3H3,(H2,28,31)(H,29,30,32). The van der Waals surface area contributed by atoms with Crippen LogP contribution in [0.3, 0.4) is 0 Å². The third kappa shape index (κ3) is 6.08. The molecule has 9 nitrogen and oxygen atoms in total. The van der Waals surface area contributed by atoms with Crippen LogP contribution in [0.15, 0.2) is 42.6 Å². The molecule has 0 radical (unpaired) electrons. The van der Waals surface area contributed by atoms with E-state index >= 15 is 0 Å². The lowest BCUT2D eigenvalue weighted by atomic mass is 10.1. The SMILES string of the molecule is COc1cc(OC(F)(F)F)ccc1Oc1cc(OC)c(C)c(Cl)c1C(=O)Nc1ccnc(C(N)=O)c1. The van der Waals surface area contributed by atoms with Crippen molar-refractivity contribution in [1.82, 2.24) is 4.98 Å². The molecule has 1 aromatic heterocycles. The fraction of sp³-hybridized carbons (Fsp3) is 0.174. The molecule has 190 valence electrons. The van der Waals surface area contributed by atoms with Crippen molar-refractivity contribution in [3.63, 3.8) is 0 Å². The molecule has 13 heteroatoms. The maximum atomic E-state index is 13.2. The number of pyridine rings is 1. The molecule has 3 N–H and O–H groups in total. The van der Waals surface area contributed by atoms with Gasteiger partial charge in [-0.2, -0.15) is 0 Å². The molecule has 0 aliphatic heterocycles. The highest BCUT2D eigenvalue weighted by Crippen LogP contribution is 2.42. The van der Waals surface area contributed by atoms with Gasteiger partial charge in [0.15, 0.2) is 11.5 Å². The second-order valence-corrected chi connectivity index (χ2v) is 7.48. The lowest BCUT2D eigenvalue weighted by molar-refractivity contribution is -0.274. The summed E-state index contributed by atoms with van der Waals surface area (Å²) in [6, 6.07) is 7.24. The van der Waals surface area contributed by atoms with Crippen molar-refractivity contribution in [1.29, 1.82) is 0 Å². The van der Waals surface area contributed by atoms with Gasteiger partial charge in [-0.3, -0.25) is 14.6 Å². The average molecular weight is 526 g/mol. The van der Waals surface area contributed by atoms with E-state index in [0.29, 0.717) is 5.56 Å². The Hall–Kier alpha value is -4.19. The Bertz CT molecular complexity index is 1320. The molecular weight excluding hydrogens is 507 g/mol. The fourth-order valence-corrected chi connectivity index (χ4v) is 3.36. The van der Waals surface area contributed by atoms with Crippen LogP contribution in [0.1, 0.15) is 26.4 Å². The zero-order valence-corrected chi connectivity index (χ0v) is 19.8. The molecule has 2 aromatic carbocycles. The topological polar surface area (TPSA) is 122 Å². The van der Waals surface area contributed by atoms with Crippen molar-refractivity contribution in [2.24, 2.45) is 5.73 Å². The number of rotatable bonds is 8. The van der Waals surface area contributed by atoms with Crippen LogP contribution in [0.5, 0.6) is 28.7 Å². The van der Waals surface area contributed by atoms with E-state index in [1.54, 1.807) is 6.92 Å². The number of carbonyl (C=O) groups is 2. The summed E-state index contributed by atoms with van der Waals surface area (Å²) in [6.45, 7) is 1.61. The van der Waals surface area contributed by atoms with Gasteiger partial charge >= 0.3 is 6.36 Å². The van der Waals surface area contributed by atoms with Gasteiger partial charge in [-0.15, -0.1) is 13.2 Å². The van der Waals surface area contributed by atoms with Crippen LogP contribution in [0.2, 0.25) is 5.02 Å². The first-order valence-electron chi connectivity index (χ1n) is 9.99. The van der Waals surface area contributed by atoms with Crippen molar-refractivity contribution in [2.75, 3.05) is 19.5 Å². The van der Waals surface area contributed by atoms with Crippen molar-refractivity contribution in [3.05, 3.63) is 64.4 Å². The van der Waals surface area contributed by atoms with E-state index in [4.69, 9.17) is 31.5 Å². The number of anilines is 1. The Balaban J connectivity index is 2.03. The van der Waals surface area contributed by atoms with Crippen LogP contribution in [-0.2, 0) is 0 Å². The molecule has 0 unspecified atom stereocenters. The summed E-state index contributed by atoms with van der Waals surface area (Å²) in [7, 11) is 2.60. The maximum Gasteiger partial charge on any atom is 0.573 e. The van der Waals surface area contributed by atoms with E-state index < -0.39 is 23.9 Å². The monoisotopic (exact) mass is 525 g/mol. The van der Waals surface area contributed by atoms with E-state index in [2.05, 4.69) is 15.0 Å². The minimum Gasteiger partial charge on any atom is -0.496 e. The number of methoxy groups -OCH3 is 2. The van der Waals surface area contributed by atoms with Crippen molar-refractivity contribution >= 4 is 29.1 Å². The van der Waals surface area contributed by atoms with E-state index in [0.717, 1.165) is 12.1 Å². The van der Waals surface area contributed by atoms with Gasteiger partial charge in [0.2, 0.25) is 0 Å². The first-order valence-corrected chi connectivity index (χ1v) is 10.4. The normalized spacial score (nSPS) is 11.0. The summed E-state index contributed by atoms with van der Waals surface area (Å²) in [5.41, 5.74) is 5.65. The fourth-order valence-electron chi connectivity index (χ4n) is 3.09. The second kappa shape index (κ2) is 10.6. The number of amides is 2. The third-order valence-corrected chi connectivity index (χ3v) is 5.21. The number of nitrogens with one attached hydrogen (secondary N) is 1. The van der Waals surface area contributed by atoms with Crippen LogP contribution >= 0.6 is 11.6 Å². The summed E-state index contributed by atoms with van der Waals surface area (Å²) in [4.78, 5) is 28.4. The number of ether oxygens (including phenoxy) is 4. The summed E-state index contributed by atoms with van der Waals surface area (Å²) >= 11 is 6.48. The summed E-state index contributed by atoms with van der Waals surface area (Å²) in [5.74, 6) is -2.01. The number of carbonyl (C=O) groups excluding carboxylic acids is 2. The van der Waals surface area contributed by atoms with Gasteiger partial charge in [-0.05, 0) is 31.2 Å². The van der Waals surface area contributed by atoms with Gasteiger partial charge in [0.05, 0.1) is 19.2 Å². The number of alkyl halides is 3. The molecular formula is C23H19ClF3N3O6. The first kappa shape index (κ1) is 26.4. The van der Waals surface area contributed by atoms with E-state index in [-0.39, 0.29) is 45.0 Å². The molecule has 3 rings (SSSR count). The largest absolute Gasteiger partial charge is 0.573 e. The Kier molecular flexibility index (Phi) is 7.78. The molecule has 0 aliphatic carbocycles. The van der Waals surface area contributed by atoms with Gasteiger partial charge in [-0.1, -0.05) is 11.6 Å². The minimum absolute atomic E-state index is 0.0120. The maximum absolute atomic E-state index is 13.2. The molecule has 0 saturated carbocycles. The Morgan fingerprint density at radius 2 is 1.69 bits per heavy atom. The number of benzene rings is 2. The molecule has 0 fully saturated rings. The highest BCUT2D eigenvalue weighted by molar-refractivity contribution is 6.36. The molecule has 0 atom stereocenters. The molecule has 0 aliphatic rings. The number of hydrogen-bond acceptors (Lipinski definition) is 7. The van der Waals surface area contributed by atoms with Gasteiger partial charge in [-0.25, -0.2) is 0 Å². The number of hydrogen-bond donors (Lipinski definition) is 2. The summed E-state index contributed by atoms with van der Waals surface area (Å²) in [6.07, 6.45) is -3.62. The van der Waals surface area contributed by atoms with Crippen molar-refractivity contribution in [3.8, 4) is 28.7 Å². The average Bonchev–Trinajstić information content (AvgIpc) is 2.81. The van der Waals surface area contributed by atoms with Crippen LogP contribution in [0.25, 0.3) is 0 Å². The van der Waals surface area contributed by atoms with E-state index in [1.807, 2.05) is 0 Å². The smallest absolute Gasteiger partial charge is 0.496 e. The van der Waals surface area contributed by atoms with Crippen LogP contribution in [0, 0.1) is 6.92 Å². The quantitative estimate of drug-likeness (QED) is 0.419. The lowest BCUT2D eigenvalue weighted by Gasteiger charge is -2.18. The molecule has 0 bridgehead atoms. The number of nitrogens with two attached hydrogens (primary N) is 1. The molecule has 0 saturated heterocycles. The highest BCUT2D eigenvalue weighted by atomic mass is 35.5. The van der Waals surface area contributed by atoms with Gasteiger partial charge in [0.25, 0.3) is 11.8 Å². The highest BCUT2D eigenvalue weighted by Gasteiger charge is 2.31. The Morgan fingerprint density at radius 3 is 2.31 bits per heavy atom. The molecule has 1 heterocycles. The summed E-state index contributed by atoms with van der Waals surface area (Å²) in [5, 5.41) is 2.57. The number of halogens is 4. The molecule has 3 aromatic rings. The lowest BCUT2D eigenvalue weighted by Crippen LogP contribution is -2.17. The van der Waals surface area contributed by atoms with Gasteiger partial charge in [0.1, 0.15) is 28.5 Å². The predicted octanol–water partition coefficient (Wildman–Crippen LogP) is 5.10. The minimum atomic E-state index is -4.90. The number of nitrogens with zero attached hydrogens (tertiary/aromatic N) is 1. The second-order valence-electron chi connectivity index (χ2n) is 7.10.